The lowest BCUT2D eigenvalue weighted by atomic mass is 9.88. The number of methoxy groups -OCH3 is 1. The number of aryl methyl sites for hydroxylation is 1. The molecule has 0 saturated carbocycles. The molecule has 2 rings (SSSR count). The molecule has 1 saturated heterocycles. The second-order valence-corrected chi connectivity index (χ2v) is 8.50. The fourth-order valence-electron chi connectivity index (χ4n) is 4.16. The van der Waals surface area contributed by atoms with Crippen molar-refractivity contribution < 1.29 is 52.7 Å². The van der Waals surface area contributed by atoms with Crippen LogP contribution in [0.2, 0.25) is 0 Å². The molecule has 36 heavy (non-hydrogen) atoms. The van der Waals surface area contributed by atoms with Gasteiger partial charge in [0, 0.05) is 34.1 Å². The fraction of sp³-hybridized carbons (Fsp3) is 0.600. The number of esters is 4. The summed E-state index contributed by atoms with van der Waals surface area (Å²) in [6, 6.07) is 7.54. The third-order valence-corrected chi connectivity index (χ3v) is 5.56. The highest BCUT2D eigenvalue weighted by Gasteiger charge is 2.59. The SMILES string of the molecule is COc1ccccc1CCCC[C@@]1(O)O[C@H](COC(C)=O)[C@@H](OC(C)=O)[C@H](OC(C)=O)[C@H]1OC(C)=O. The van der Waals surface area contributed by atoms with Gasteiger partial charge >= 0.3 is 23.9 Å². The van der Waals surface area contributed by atoms with Crippen molar-refractivity contribution in [2.45, 2.75) is 83.6 Å². The van der Waals surface area contributed by atoms with E-state index >= 15 is 0 Å². The molecule has 0 bridgehead atoms. The number of hydrogen-bond acceptors (Lipinski definition) is 11. The van der Waals surface area contributed by atoms with E-state index in [0.717, 1.165) is 32.1 Å². The molecule has 1 fully saturated rings. The van der Waals surface area contributed by atoms with Crippen LogP contribution < -0.4 is 4.74 Å². The highest BCUT2D eigenvalue weighted by molar-refractivity contribution is 5.68. The molecule has 1 N–H and O–H groups in total. The zero-order valence-corrected chi connectivity index (χ0v) is 21.2. The maximum atomic E-state index is 11.9. The first-order valence-electron chi connectivity index (χ1n) is 11.6. The van der Waals surface area contributed by atoms with E-state index in [1.54, 1.807) is 7.11 Å². The van der Waals surface area contributed by atoms with Crippen LogP contribution in [0.25, 0.3) is 0 Å². The first-order valence-corrected chi connectivity index (χ1v) is 11.6. The van der Waals surface area contributed by atoms with Gasteiger partial charge in [0.2, 0.25) is 5.79 Å². The van der Waals surface area contributed by atoms with E-state index in [-0.39, 0.29) is 6.42 Å². The van der Waals surface area contributed by atoms with E-state index in [0.29, 0.717) is 19.3 Å². The Morgan fingerprint density at radius 2 is 1.50 bits per heavy atom. The Hall–Kier alpha value is -3.18. The lowest BCUT2D eigenvalue weighted by Gasteiger charge is -2.48. The first kappa shape index (κ1) is 29.1. The number of carbonyl (C=O) groups excluding carboxylic acids is 4. The molecule has 0 aliphatic carbocycles. The quantitative estimate of drug-likeness (QED) is 0.265. The number of unbranched alkanes of at least 4 members (excludes halogenated alkanes) is 1. The monoisotopic (exact) mass is 510 g/mol. The Morgan fingerprint density at radius 3 is 2.08 bits per heavy atom. The van der Waals surface area contributed by atoms with Gasteiger partial charge < -0.3 is 33.5 Å². The Kier molecular flexibility index (Phi) is 10.7. The zero-order valence-electron chi connectivity index (χ0n) is 21.2. The van der Waals surface area contributed by atoms with Gasteiger partial charge in [0.1, 0.15) is 18.5 Å². The standard InChI is InChI=1S/C25H34O11/c1-15(26)32-14-21-22(33-16(2)27)23(34-17(3)28)24(35-18(4)29)25(30,36-21)13-9-8-11-19-10-6-7-12-20(19)31-5/h6-7,10,12,21-24,30H,8-9,11,13-14H2,1-5H3/t21-,22-,23+,24-,25-/m1/s1. The average molecular weight is 511 g/mol. The Balaban J connectivity index is 2.31. The molecule has 1 heterocycles. The van der Waals surface area contributed by atoms with Crippen molar-refractivity contribution in [1.29, 1.82) is 0 Å². The van der Waals surface area contributed by atoms with Crippen molar-refractivity contribution in [3.05, 3.63) is 29.8 Å². The minimum Gasteiger partial charge on any atom is -0.496 e. The van der Waals surface area contributed by atoms with Gasteiger partial charge in [0.05, 0.1) is 7.11 Å². The highest BCUT2D eigenvalue weighted by Crippen LogP contribution is 2.37. The van der Waals surface area contributed by atoms with E-state index < -0.39 is 60.7 Å². The van der Waals surface area contributed by atoms with Gasteiger partial charge in [-0.1, -0.05) is 18.2 Å². The average Bonchev–Trinajstić information content (AvgIpc) is 2.79. The number of ether oxygens (including phenoxy) is 6. The maximum Gasteiger partial charge on any atom is 0.303 e. The van der Waals surface area contributed by atoms with Gasteiger partial charge in [0.15, 0.2) is 18.3 Å². The summed E-state index contributed by atoms with van der Waals surface area (Å²) in [5.41, 5.74) is 0.980. The van der Waals surface area contributed by atoms with Crippen LogP contribution in [0.5, 0.6) is 5.75 Å². The number of benzene rings is 1. The number of para-hydroxylation sites is 1. The lowest BCUT2D eigenvalue weighted by molar-refractivity contribution is -0.354. The Labute approximate surface area is 209 Å². The third kappa shape index (κ3) is 8.20. The Morgan fingerprint density at radius 1 is 0.889 bits per heavy atom. The Bertz CT molecular complexity index is 930. The van der Waals surface area contributed by atoms with Crippen LogP contribution >= 0.6 is 0 Å². The number of aliphatic hydroxyl groups is 1. The van der Waals surface area contributed by atoms with Gasteiger partial charge in [0.25, 0.3) is 0 Å². The van der Waals surface area contributed by atoms with E-state index in [1.165, 1.54) is 6.92 Å². The van der Waals surface area contributed by atoms with Crippen molar-refractivity contribution in [2.24, 2.45) is 0 Å². The van der Waals surface area contributed by atoms with Crippen molar-refractivity contribution in [3.8, 4) is 5.75 Å². The summed E-state index contributed by atoms with van der Waals surface area (Å²) in [4.78, 5) is 47.1. The second-order valence-electron chi connectivity index (χ2n) is 8.50. The third-order valence-electron chi connectivity index (χ3n) is 5.56. The molecule has 0 radical (unpaired) electrons. The predicted molar refractivity (Wildman–Crippen MR) is 124 cm³/mol. The molecule has 11 heteroatoms. The smallest absolute Gasteiger partial charge is 0.303 e. The van der Waals surface area contributed by atoms with Crippen LogP contribution in [0.3, 0.4) is 0 Å². The molecule has 5 atom stereocenters. The maximum absolute atomic E-state index is 11.9. The van der Waals surface area contributed by atoms with E-state index in [2.05, 4.69) is 0 Å². The number of carbonyl (C=O) groups is 4. The fourth-order valence-corrected chi connectivity index (χ4v) is 4.16. The first-order chi connectivity index (χ1) is 17.0. The number of rotatable bonds is 11. The summed E-state index contributed by atoms with van der Waals surface area (Å²) < 4.78 is 32.3. The van der Waals surface area contributed by atoms with Crippen molar-refractivity contribution in [3.63, 3.8) is 0 Å². The molecule has 0 amide bonds. The van der Waals surface area contributed by atoms with Gasteiger partial charge in [-0.25, -0.2) is 0 Å². The molecule has 11 nitrogen and oxygen atoms in total. The summed E-state index contributed by atoms with van der Waals surface area (Å²) in [6.07, 6.45) is -3.81. The predicted octanol–water partition coefficient (Wildman–Crippen LogP) is 1.85. The largest absolute Gasteiger partial charge is 0.496 e. The van der Waals surface area contributed by atoms with Crippen LogP contribution in [0.4, 0.5) is 0 Å². The van der Waals surface area contributed by atoms with Crippen LogP contribution in [0.15, 0.2) is 24.3 Å². The van der Waals surface area contributed by atoms with Gasteiger partial charge in [-0.15, -0.1) is 0 Å². The van der Waals surface area contributed by atoms with Crippen molar-refractivity contribution in [2.75, 3.05) is 13.7 Å². The van der Waals surface area contributed by atoms with E-state index in [4.69, 9.17) is 28.4 Å². The van der Waals surface area contributed by atoms with Gasteiger partial charge in [-0.2, -0.15) is 0 Å². The molecule has 0 spiro atoms. The van der Waals surface area contributed by atoms with E-state index in [1.807, 2.05) is 24.3 Å². The molecule has 200 valence electrons. The molecule has 1 aromatic carbocycles. The molecule has 0 aromatic heterocycles. The minimum absolute atomic E-state index is 0.0266. The van der Waals surface area contributed by atoms with Crippen LogP contribution in [0.1, 0.15) is 52.5 Å². The van der Waals surface area contributed by atoms with E-state index in [9.17, 15) is 24.3 Å². The normalized spacial score (nSPS) is 25.4. The second kappa shape index (κ2) is 13.2. The number of hydrogen-bond donors (Lipinski definition) is 1. The minimum atomic E-state index is -2.13. The van der Waals surface area contributed by atoms with Crippen molar-refractivity contribution >= 4 is 23.9 Å². The summed E-state index contributed by atoms with van der Waals surface area (Å²) in [5.74, 6) is -4.30. The van der Waals surface area contributed by atoms with Gasteiger partial charge in [-0.05, 0) is 30.9 Å². The molecule has 1 aromatic rings. The molecule has 0 unspecified atom stereocenters. The highest BCUT2D eigenvalue weighted by atomic mass is 16.7. The van der Waals surface area contributed by atoms with Crippen LogP contribution in [0, 0.1) is 0 Å². The molecule has 1 aliphatic rings. The summed E-state index contributed by atoms with van der Waals surface area (Å²) in [7, 11) is 1.58. The summed E-state index contributed by atoms with van der Waals surface area (Å²) >= 11 is 0. The molecular weight excluding hydrogens is 476 g/mol. The summed E-state index contributed by atoms with van der Waals surface area (Å²) in [6.45, 7) is 4.16. The molecule has 1 aliphatic heterocycles. The van der Waals surface area contributed by atoms with Crippen molar-refractivity contribution in [1.82, 2.24) is 0 Å². The summed E-state index contributed by atoms with van der Waals surface area (Å²) in [5, 5.41) is 11.6. The lowest BCUT2D eigenvalue weighted by Crippen LogP contribution is -2.68. The van der Waals surface area contributed by atoms with Crippen LogP contribution in [-0.2, 0) is 49.3 Å². The van der Waals surface area contributed by atoms with Gasteiger partial charge in [-0.3, -0.25) is 19.2 Å². The molecular formula is C25H34O11. The topological polar surface area (TPSA) is 144 Å². The van der Waals surface area contributed by atoms with Crippen LogP contribution in [-0.4, -0.2) is 72.9 Å². The zero-order chi connectivity index (χ0) is 26.9.